The maximum atomic E-state index is 11.2. The minimum atomic E-state index is -1.25. The molecule has 0 saturated heterocycles. The van der Waals surface area contributed by atoms with Crippen molar-refractivity contribution in [3.05, 3.63) is 32.8 Å². The van der Waals surface area contributed by atoms with E-state index in [1.54, 1.807) is 11.8 Å². The van der Waals surface area contributed by atoms with Crippen LogP contribution < -0.4 is 5.32 Å². The first-order chi connectivity index (χ1) is 9.36. The van der Waals surface area contributed by atoms with Crippen LogP contribution in [0.2, 0.25) is 5.02 Å². The van der Waals surface area contributed by atoms with Gasteiger partial charge in [0, 0.05) is 18.7 Å². The molecule has 0 heterocycles. The molecule has 20 heavy (non-hydrogen) atoms. The van der Waals surface area contributed by atoms with Crippen molar-refractivity contribution in [3.8, 4) is 0 Å². The van der Waals surface area contributed by atoms with Gasteiger partial charge in [0.25, 0.3) is 5.69 Å². The molecule has 8 heteroatoms. The number of halogens is 1. The number of carboxylic acid groups (broad SMARTS) is 1. The lowest BCUT2D eigenvalue weighted by molar-refractivity contribution is -0.384. The van der Waals surface area contributed by atoms with Crippen LogP contribution in [0.3, 0.4) is 0 Å². The molecule has 1 aromatic carbocycles. The lowest BCUT2D eigenvalue weighted by Crippen LogP contribution is -2.16. The molecule has 1 unspecified atom stereocenters. The summed E-state index contributed by atoms with van der Waals surface area (Å²) in [6.45, 7) is 2.56. The number of benzene rings is 1. The highest BCUT2D eigenvalue weighted by Gasteiger charge is 2.20. The Morgan fingerprint density at radius 2 is 2.25 bits per heavy atom. The van der Waals surface area contributed by atoms with Crippen LogP contribution in [0.25, 0.3) is 0 Å². The van der Waals surface area contributed by atoms with Crippen molar-refractivity contribution < 1.29 is 14.8 Å². The minimum absolute atomic E-state index is 0.0351. The second-order valence-corrected chi connectivity index (χ2v) is 5.67. The third-order valence-electron chi connectivity index (χ3n) is 2.59. The zero-order valence-corrected chi connectivity index (χ0v) is 12.6. The Balaban J connectivity index is 3.05. The van der Waals surface area contributed by atoms with Crippen molar-refractivity contribution in [2.75, 3.05) is 23.9 Å². The predicted octanol–water partition coefficient (Wildman–Crippen LogP) is 3.36. The molecule has 0 spiro atoms. The van der Waals surface area contributed by atoms with E-state index in [0.29, 0.717) is 12.5 Å². The second-order valence-electron chi connectivity index (χ2n) is 4.35. The van der Waals surface area contributed by atoms with Crippen molar-refractivity contribution in [2.45, 2.75) is 6.92 Å². The fourth-order valence-corrected chi connectivity index (χ4v) is 2.63. The highest BCUT2D eigenvalue weighted by Crippen LogP contribution is 2.31. The molecule has 0 aromatic heterocycles. The number of nitro groups is 1. The third-order valence-corrected chi connectivity index (χ3v) is 3.80. The number of carboxylic acids is 1. The molecule has 1 atom stereocenters. The molecule has 0 amide bonds. The van der Waals surface area contributed by atoms with E-state index in [4.69, 9.17) is 16.7 Å². The standard InChI is InChI=1S/C12H15ClN2O4S/c1-7(6-20-2)5-14-11-9(12(16)17)3-8(15(18)19)4-10(11)13/h3-4,7,14H,5-6H2,1-2H3,(H,16,17). The molecule has 0 aliphatic rings. The molecule has 0 saturated carbocycles. The first kappa shape index (κ1) is 16.6. The van der Waals surface area contributed by atoms with Gasteiger partial charge in [-0.2, -0.15) is 11.8 Å². The predicted molar refractivity (Wildman–Crippen MR) is 81.1 cm³/mol. The number of non-ortho nitro benzene ring substituents is 1. The zero-order chi connectivity index (χ0) is 15.3. The van der Waals surface area contributed by atoms with E-state index in [1.807, 2.05) is 13.2 Å². The molecule has 2 N–H and O–H groups in total. The summed E-state index contributed by atoms with van der Waals surface area (Å²) in [6, 6.07) is 2.16. The highest BCUT2D eigenvalue weighted by molar-refractivity contribution is 7.98. The van der Waals surface area contributed by atoms with Crippen LogP contribution in [0.15, 0.2) is 12.1 Å². The maximum Gasteiger partial charge on any atom is 0.338 e. The van der Waals surface area contributed by atoms with Crippen molar-refractivity contribution in [2.24, 2.45) is 5.92 Å². The van der Waals surface area contributed by atoms with Crippen LogP contribution in [-0.2, 0) is 0 Å². The van der Waals surface area contributed by atoms with Gasteiger partial charge in [0.05, 0.1) is 21.2 Å². The number of aromatic carboxylic acids is 1. The van der Waals surface area contributed by atoms with E-state index in [9.17, 15) is 14.9 Å². The van der Waals surface area contributed by atoms with Crippen LogP contribution in [0.1, 0.15) is 17.3 Å². The van der Waals surface area contributed by atoms with Crippen LogP contribution in [0, 0.1) is 16.0 Å². The van der Waals surface area contributed by atoms with Gasteiger partial charge in [-0.25, -0.2) is 4.79 Å². The Hall–Kier alpha value is -1.47. The van der Waals surface area contributed by atoms with Crippen LogP contribution in [0.5, 0.6) is 0 Å². The summed E-state index contributed by atoms with van der Waals surface area (Å²) in [5.41, 5.74) is -0.312. The normalized spacial score (nSPS) is 11.9. The Kier molecular flexibility index (Phi) is 6.09. The first-order valence-corrected chi connectivity index (χ1v) is 7.58. The maximum absolute atomic E-state index is 11.2. The van der Waals surface area contributed by atoms with Gasteiger partial charge >= 0.3 is 5.97 Å². The van der Waals surface area contributed by atoms with Gasteiger partial charge in [-0.15, -0.1) is 0 Å². The second kappa shape index (κ2) is 7.35. The molecule has 0 fully saturated rings. The van der Waals surface area contributed by atoms with Crippen LogP contribution in [0.4, 0.5) is 11.4 Å². The van der Waals surface area contributed by atoms with Gasteiger partial charge in [-0.3, -0.25) is 10.1 Å². The monoisotopic (exact) mass is 318 g/mol. The van der Waals surface area contributed by atoms with E-state index in [0.717, 1.165) is 17.9 Å². The van der Waals surface area contributed by atoms with E-state index < -0.39 is 10.9 Å². The summed E-state index contributed by atoms with van der Waals surface area (Å²) >= 11 is 7.64. The summed E-state index contributed by atoms with van der Waals surface area (Å²) in [7, 11) is 0. The van der Waals surface area contributed by atoms with Gasteiger partial charge in [0.2, 0.25) is 0 Å². The third kappa shape index (κ3) is 4.28. The number of nitrogens with zero attached hydrogens (tertiary/aromatic N) is 1. The Bertz CT molecular complexity index is 524. The number of rotatable bonds is 7. The average Bonchev–Trinajstić information content (AvgIpc) is 2.36. The summed E-state index contributed by atoms with van der Waals surface area (Å²) in [5.74, 6) is -0.0199. The lowest BCUT2D eigenvalue weighted by atomic mass is 10.1. The fourth-order valence-electron chi connectivity index (χ4n) is 1.67. The van der Waals surface area contributed by atoms with Gasteiger partial charge in [-0.1, -0.05) is 18.5 Å². The van der Waals surface area contributed by atoms with E-state index in [1.165, 1.54) is 0 Å². The molecular weight excluding hydrogens is 304 g/mol. The number of anilines is 1. The molecule has 1 rings (SSSR count). The summed E-state index contributed by atoms with van der Waals surface area (Å²) in [6.07, 6.45) is 1.98. The quantitative estimate of drug-likeness (QED) is 0.591. The van der Waals surface area contributed by atoms with Gasteiger partial charge < -0.3 is 10.4 Å². The van der Waals surface area contributed by atoms with Crippen molar-refractivity contribution >= 4 is 40.7 Å². The SMILES string of the molecule is CSCC(C)CNc1c(Cl)cc([N+](=O)[O-])cc1C(=O)O. The molecule has 6 nitrogen and oxygen atoms in total. The number of hydrogen-bond acceptors (Lipinski definition) is 5. The van der Waals surface area contributed by atoms with E-state index in [-0.39, 0.29) is 22.0 Å². The lowest BCUT2D eigenvalue weighted by Gasteiger charge is -2.15. The van der Waals surface area contributed by atoms with Crippen molar-refractivity contribution in [1.82, 2.24) is 0 Å². The van der Waals surface area contributed by atoms with E-state index >= 15 is 0 Å². The number of thioether (sulfide) groups is 1. The van der Waals surface area contributed by atoms with Gasteiger partial charge in [-0.05, 0) is 17.9 Å². The molecule has 0 bridgehead atoms. The highest BCUT2D eigenvalue weighted by atomic mass is 35.5. The van der Waals surface area contributed by atoms with Crippen LogP contribution in [-0.4, -0.2) is 34.6 Å². The summed E-state index contributed by atoms with van der Waals surface area (Å²) in [5, 5.41) is 22.9. The Morgan fingerprint density at radius 3 is 2.75 bits per heavy atom. The number of carbonyl (C=O) groups is 1. The number of nitro benzene ring substituents is 1. The first-order valence-electron chi connectivity index (χ1n) is 5.80. The molecule has 110 valence electrons. The van der Waals surface area contributed by atoms with Gasteiger partial charge in [0.15, 0.2) is 0 Å². The fraction of sp³-hybridized carbons (Fsp3) is 0.417. The van der Waals surface area contributed by atoms with Crippen molar-refractivity contribution in [3.63, 3.8) is 0 Å². The molecule has 0 aliphatic carbocycles. The largest absolute Gasteiger partial charge is 0.478 e. The summed E-state index contributed by atoms with van der Waals surface area (Å²) in [4.78, 5) is 21.2. The van der Waals surface area contributed by atoms with E-state index in [2.05, 4.69) is 5.32 Å². The average molecular weight is 319 g/mol. The van der Waals surface area contributed by atoms with Gasteiger partial charge in [0.1, 0.15) is 0 Å². The molecule has 1 aromatic rings. The Labute approximate surface area is 125 Å². The summed E-state index contributed by atoms with van der Waals surface area (Å²) < 4.78 is 0. The number of nitrogens with one attached hydrogen (secondary N) is 1. The molecule has 0 radical (unpaired) electrons. The number of hydrogen-bond donors (Lipinski definition) is 2. The molecule has 0 aliphatic heterocycles. The van der Waals surface area contributed by atoms with Crippen molar-refractivity contribution in [1.29, 1.82) is 0 Å². The zero-order valence-electron chi connectivity index (χ0n) is 11.1. The molecular formula is C12H15ClN2O4S. The van der Waals surface area contributed by atoms with Crippen LogP contribution >= 0.6 is 23.4 Å². The smallest absolute Gasteiger partial charge is 0.338 e. The Morgan fingerprint density at radius 1 is 1.60 bits per heavy atom. The topological polar surface area (TPSA) is 92.5 Å². The minimum Gasteiger partial charge on any atom is -0.478 e.